The Kier molecular flexibility index (Phi) is 5.98. The molecule has 0 unspecified atom stereocenters. The lowest BCUT2D eigenvalue weighted by Crippen LogP contribution is -2.41. The fraction of sp³-hybridized carbons (Fsp3) is 0.267. The molecule has 0 spiro atoms. The summed E-state index contributed by atoms with van der Waals surface area (Å²) in [6.07, 6.45) is 5.70. The smallest absolute Gasteiger partial charge is 0.204 e. The van der Waals surface area contributed by atoms with Gasteiger partial charge in [0.15, 0.2) is 0 Å². The summed E-state index contributed by atoms with van der Waals surface area (Å²) in [5.74, 6) is -0.256. The van der Waals surface area contributed by atoms with E-state index < -0.39 is 13.4 Å². The van der Waals surface area contributed by atoms with Crippen LogP contribution in [0.2, 0.25) is 0 Å². The van der Waals surface area contributed by atoms with Crippen molar-refractivity contribution in [3.8, 4) is 0 Å². The second-order valence-electron chi connectivity index (χ2n) is 10.2. The highest BCUT2D eigenvalue weighted by Gasteiger charge is 2.57. The van der Waals surface area contributed by atoms with Crippen LogP contribution in [0.25, 0.3) is 0 Å². The van der Waals surface area contributed by atoms with E-state index in [1.807, 2.05) is 66.7 Å². The third kappa shape index (κ3) is 3.82. The highest BCUT2D eigenvalue weighted by molar-refractivity contribution is 7.73. The summed E-state index contributed by atoms with van der Waals surface area (Å²) < 4.78 is 17.6. The van der Waals surface area contributed by atoms with Crippen molar-refractivity contribution in [2.45, 2.75) is 38.5 Å². The molecule has 2 aliphatic rings. The summed E-state index contributed by atoms with van der Waals surface area (Å²) in [5.41, 5.74) is 1.69. The second-order valence-corrected chi connectivity index (χ2v) is 12.8. The van der Waals surface area contributed by atoms with E-state index in [1.165, 1.54) is 0 Å². The monoisotopic (exact) mass is 469 g/mol. The molecule has 0 saturated carbocycles. The zero-order valence-corrected chi connectivity index (χ0v) is 20.8. The van der Waals surface area contributed by atoms with Crippen LogP contribution in [0, 0.1) is 11.8 Å². The summed E-state index contributed by atoms with van der Waals surface area (Å²) in [5, 5.41) is 13.0. The van der Waals surface area contributed by atoms with Gasteiger partial charge in [-0.1, -0.05) is 97.1 Å². The van der Waals surface area contributed by atoms with Crippen LogP contribution in [0.15, 0.2) is 115 Å². The Morgan fingerprint density at radius 2 is 1.38 bits per heavy atom. The first-order valence-electron chi connectivity index (χ1n) is 12.0. The maximum absolute atomic E-state index is 15.4. The lowest BCUT2D eigenvalue weighted by molar-refractivity contribution is 0.148. The number of benzene rings is 3. The van der Waals surface area contributed by atoms with Crippen LogP contribution < -0.4 is 5.30 Å². The van der Waals surface area contributed by atoms with E-state index >= 15 is 4.57 Å². The quantitative estimate of drug-likeness (QED) is 0.335. The van der Waals surface area contributed by atoms with Gasteiger partial charge >= 0.3 is 0 Å². The molecule has 1 saturated heterocycles. The summed E-state index contributed by atoms with van der Waals surface area (Å²) in [4.78, 5) is 0. The second kappa shape index (κ2) is 8.82. The molecule has 4 heteroatoms. The molecule has 1 fully saturated rings. The first-order valence-corrected chi connectivity index (χ1v) is 13.6. The van der Waals surface area contributed by atoms with Gasteiger partial charge in [0, 0.05) is 28.0 Å². The molecular formula is C30H32NO2P. The van der Waals surface area contributed by atoms with Crippen molar-refractivity contribution in [2.75, 3.05) is 0 Å². The molecule has 0 aromatic heterocycles. The van der Waals surface area contributed by atoms with Gasteiger partial charge in [0.2, 0.25) is 7.29 Å². The number of nitrogens with zero attached hydrogens (tertiary/aromatic N) is 1. The molecule has 3 nitrogen and oxygen atoms in total. The van der Waals surface area contributed by atoms with Crippen LogP contribution in [0.5, 0.6) is 0 Å². The van der Waals surface area contributed by atoms with E-state index in [4.69, 9.17) is 0 Å². The number of hydrogen-bond acceptors (Lipinski definition) is 2. The van der Waals surface area contributed by atoms with Gasteiger partial charge in [-0.25, -0.2) is 4.67 Å². The molecule has 34 heavy (non-hydrogen) atoms. The molecule has 174 valence electrons. The average molecular weight is 470 g/mol. The Hall–Kier alpha value is -2.71. The number of fused-ring (bicyclic) bond motifs is 1. The lowest BCUT2D eigenvalue weighted by atomic mass is 9.83. The summed E-state index contributed by atoms with van der Waals surface area (Å²) in [7, 11) is -3.14. The topological polar surface area (TPSA) is 40.5 Å². The molecule has 0 radical (unpaired) electrons. The van der Waals surface area contributed by atoms with Gasteiger partial charge in [-0.15, -0.1) is 0 Å². The van der Waals surface area contributed by atoms with Crippen molar-refractivity contribution in [3.05, 3.63) is 126 Å². The minimum Gasteiger partial charge on any atom is -0.387 e. The minimum atomic E-state index is -3.14. The van der Waals surface area contributed by atoms with Crippen molar-refractivity contribution in [1.82, 2.24) is 4.67 Å². The Morgan fingerprint density at radius 1 is 0.824 bits per heavy atom. The fourth-order valence-corrected chi connectivity index (χ4v) is 9.39. The molecule has 3 aromatic rings. The number of hydrogen-bond donors (Lipinski definition) is 1. The van der Waals surface area contributed by atoms with E-state index in [9.17, 15) is 5.11 Å². The van der Waals surface area contributed by atoms with E-state index in [0.717, 1.165) is 21.7 Å². The summed E-state index contributed by atoms with van der Waals surface area (Å²) >= 11 is 0. The largest absolute Gasteiger partial charge is 0.387 e. The number of rotatable bonds is 4. The fourth-order valence-electron chi connectivity index (χ4n) is 5.54. The van der Waals surface area contributed by atoms with Gasteiger partial charge in [-0.05, 0) is 44.0 Å². The third-order valence-corrected chi connectivity index (χ3v) is 10.5. The Labute approximate surface area is 202 Å². The predicted molar refractivity (Wildman–Crippen MR) is 140 cm³/mol. The zero-order chi connectivity index (χ0) is 23.9. The van der Waals surface area contributed by atoms with Gasteiger partial charge in [-0.3, -0.25) is 4.57 Å². The molecule has 0 bridgehead atoms. The molecule has 5 rings (SSSR count). The Balaban J connectivity index is 1.71. The minimum absolute atomic E-state index is 0.0214. The lowest BCUT2D eigenvalue weighted by Gasteiger charge is -2.41. The Bertz CT molecular complexity index is 1250. The molecule has 3 aromatic carbocycles. The van der Waals surface area contributed by atoms with Crippen LogP contribution in [-0.4, -0.2) is 15.3 Å². The van der Waals surface area contributed by atoms with Crippen molar-refractivity contribution >= 4 is 12.6 Å². The van der Waals surface area contributed by atoms with Crippen molar-refractivity contribution in [2.24, 2.45) is 11.8 Å². The number of aliphatic hydroxyl groups is 1. The number of aliphatic hydroxyl groups excluding tert-OH is 1. The third-order valence-electron chi connectivity index (χ3n) is 6.94. The van der Waals surface area contributed by atoms with Gasteiger partial charge in [0.25, 0.3) is 0 Å². The normalized spacial score (nSPS) is 27.8. The van der Waals surface area contributed by atoms with Gasteiger partial charge < -0.3 is 5.11 Å². The maximum atomic E-state index is 15.4. The highest BCUT2D eigenvalue weighted by Crippen LogP contribution is 2.73. The van der Waals surface area contributed by atoms with E-state index in [0.29, 0.717) is 0 Å². The van der Waals surface area contributed by atoms with E-state index in [2.05, 4.69) is 67.9 Å². The summed E-state index contributed by atoms with van der Waals surface area (Å²) in [6, 6.07) is 30.0. The van der Waals surface area contributed by atoms with Crippen LogP contribution in [0.4, 0.5) is 0 Å². The Morgan fingerprint density at radius 3 is 1.97 bits per heavy atom. The molecule has 1 aliphatic heterocycles. The molecule has 1 aliphatic carbocycles. The molecule has 1 heterocycles. The van der Waals surface area contributed by atoms with Crippen LogP contribution in [-0.2, 0) is 4.57 Å². The maximum Gasteiger partial charge on any atom is 0.204 e. The van der Waals surface area contributed by atoms with Crippen LogP contribution >= 0.6 is 7.29 Å². The predicted octanol–water partition coefficient (Wildman–Crippen LogP) is 6.87. The van der Waals surface area contributed by atoms with Crippen molar-refractivity contribution in [1.29, 1.82) is 0 Å². The van der Waals surface area contributed by atoms with E-state index in [1.54, 1.807) is 0 Å². The highest BCUT2D eigenvalue weighted by atomic mass is 31.2. The van der Waals surface area contributed by atoms with Gasteiger partial charge in [0.05, 0.1) is 12.1 Å². The van der Waals surface area contributed by atoms with Gasteiger partial charge in [0.1, 0.15) is 0 Å². The first kappa shape index (κ1) is 23.1. The van der Waals surface area contributed by atoms with Gasteiger partial charge in [-0.2, -0.15) is 0 Å². The van der Waals surface area contributed by atoms with Crippen LogP contribution in [0.3, 0.4) is 0 Å². The van der Waals surface area contributed by atoms with E-state index in [-0.39, 0.29) is 23.4 Å². The standard InChI is InChI=1S/C30H32NO2P/c1-30(2,3)31-28(22-13-7-4-8-14-22)26-20-19-24(29(32)23-15-9-5-10-16-23)21-27(26)34(31,33)25-17-11-6-12-18-25/h4-21,24,26,28-29,32H,1-3H3/t24-,26+,28+,29-,34-/m1/s1. The molecule has 5 atom stereocenters. The first-order chi connectivity index (χ1) is 16.3. The molecule has 0 amide bonds. The molecule has 1 N–H and O–H groups in total. The SMILES string of the molecule is CC(C)(C)N1[C@@H](c2ccccc2)[C@H]2C=C[C@@H]([C@H](O)c3ccccc3)C=C2[P@]1(=O)c1ccccc1. The van der Waals surface area contributed by atoms with Crippen molar-refractivity contribution in [3.63, 3.8) is 0 Å². The van der Waals surface area contributed by atoms with Crippen molar-refractivity contribution < 1.29 is 9.67 Å². The summed E-state index contributed by atoms with van der Waals surface area (Å²) in [6.45, 7) is 6.45. The average Bonchev–Trinajstić information content (AvgIpc) is 3.15. The molecular weight excluding hydrogens is 437 g/mol. The van der Waals surface area contributed by atoms with Crippen LogP contribution in [0.1, 0.15) is 44.0 Å². The zero-order valence-electron chi connectivity index (χ0n) is 20.0.